The summed E-state index contributed by atoms with van der Waals surface area (Å²) >= 11 is 0. The van der Waals surface area contributed by atoms with Gasteiger partial charge in [0.1, 0.15) is 6.17 Å². The van der Waals surface area contributed by atoms with Gasteiger partial charge in [0.15, 0.2) is 0 Å². The summed E-state index contributed by atoms with van der Waals surface area (Å²) in [5.74, 6) is 0.471. The summed E-state index contributed by atoms with van der Waals surface area (Å²) in [5.41, 5.74) is 4.03. The molecule has 0 saturated carbocycles. The highest BCUT2D eigenvalue weighted by atomic mass is 16.5. The lowest BCUT2D eigenvalue weighted by Crippen LogP contribution is -2.33. The van der Waals surface area contributed by atoms with Crippen LogP contribution in [0, 0.1) is 0 Å². The van der Waals surface area contributed by atoms with Gasteiger partial charge >= 0.3 is 6.01 Å². The van der Waals surface area contributed by atoms with Crippen molar-refractivity contribution in [1.82, 2.24) is 20.3 Å². The molecule has 4 heterocycles. The van der Waals surface area contributed by atoms with Crippen molar-refractivity contribution in [3.8, 4) is 11.9 Å². The first-order valence-electron chi connectivity index (χ1n) is 7.95. The Hall–Kier alpha value is -3.16. The van der Waals surface area contributed by atoms with E-state index in [4.69, 9.17) is 9.47 Å². The van der Waals surface area contributed by atoms with E-state index < -0.39 is 0 Å². The number of nitrogens with zero attached hydrogens (tertiary/aromatic N) is 5. The Balaban J connectivity index is 1.74. The maximum Gasteiger partial charge on any atom is 0.319 e. The zero-order valence-corrected chi connectivity index (χ0v) is 14.0. The number of methoxy groups -OCH3 is 2. The van der Waals surface area contributed by atoms with Gasteiger partial charge in [-0.25, -0.2) is 9.98 Å². The molecule has 1 saturated heterocycles. The zero-order valence-electron chi connectivity index (χ0n) is 14.0. The predicted molar refractivity (Wildman–Crippen MR) is 93.7 cm³/mol. The van der Waals surface area contributed by atoms with Gasteiger partial charge in [0.2, 0.25) is 5.88 Å². The van der Waals surface area contributed by atoms with Gasteiger partial charge in [-0.05, 0) is 18.6 Å². The molecule has 2 aliphatic heterocycles. The van der Waals surface area contributed by atoms with E-state index in [9.17, 15) is 0 Å². The molecule has 1 N–H and O–H groups in total. The molecule has 8 nitrogen and oxygen atoms in total. The first kappa shape index (κ1) is 15.4. The summed E-state index contributed by atoms with van der Waals surface area (Å²) in [5, 5.41) is 3.24. The molecule has 2 aliphatic rings. The third kappa shape index (κ3) is 2.65. The van der Waals surface area contributed by atoms with Gasteiger partial charge < -0.3 is 19.7 Å². The van der Waals surface area contributed by atoms with Crippen molar-refractivity contribution in [2.24, 2.45) is 4.99 Å². The minimum Gasteiger partial charge on any atom is -0.480 e. The second-order valence-corrected chi connectivity index (χ2v) is 5.62. The lowest BCUT2D eigenvalue weighted by atomic mass is 10.0. The van der Waals surface area contributed by atoms with Gasteiger partial charge in [0.25, 0.3) is 0 Å². The van der Waals surface area contributed by atoms with Crippen molar-refractivity contribution < 1.29 is 9.47 Å². The van der Waals surface area contributed by atoms with Crippen LogP contribution in [0.2, 0.25) is 0 Å². The van der Waals surface area contributed by atoms with Gasteiger partial charge in [0, 0.05) is 36.4 Å². The third-order valence-electron chi connectivity index (χ3n) is 4.35. The molecule has 0 amide bonds. The fraction of sp³-hybridized carbons (Fsp3) is 0.294. The lowest BCUT2D eigenvalue weighted by Gasteiger charge is -2.27. The number of aromatic nitrogens is 3. The van der Waals surface area contributed by atoms with E-state index in [2.05, 4.69) is 30.2 Å². The van der Waals surface area contributed by atoms with E-state index >= 15 is 0 Å². The van der Waals surface area contributed by atoms with Gasteiger partial charge in [-0.1, -0.05) is 0 Å². The molecule has 0 bridgehead atoms. The molecule has 0 aliphatic carbocycles. The Morgan fingerprint density at radius 1 is 1.20 bits per heavy atom. The van der Waals surface area contributed by atoms with E-state index in [1.165, 1.54) is 12.7 Å². The summed E-state index contributed by atoms with van der Waals surface area (Å²) in [6, 6.07) is 4.27. The Morgan fingerprint density at radius 2 is 2.04 bits per heavy atom. The summed E-state index contributed by atoms with van der Waals surface area (Å²) in [7, 11) is 3.12. The van der Waals surface area contributed by atoms with Crippen LogP contribution in [0.5, 0.6) is 11.9 Å². The SMILES string of the molecule is COc1ncc(C2=C3CCN(c4ccncc4)C3N=CN2)c(OC)n1. The van der Waals surface area contributed by atoms with Crippen LogP contribution in [-0.2, 0) is 0 Å². The number of fused-ring (bicyclic) bond motifs is 1. The average molecular weight is 338 g/mol. The highest BCUT2D eigenvalue weighted by Crippen LogP contribution is 2.37. The predicted octanol–water partition coefficient (Wildman–Crippen LogP) is 1.47. The quantitative estimate of drug-likeness (QED) is 0.903. The summed E-state index contributed by atoms with van der Waals surface area (Å²) < 4.78 is 10.5. The van der Waals surface area contributed by atoms with E-state index in [-0.39, 0.29) is 12.2 Å². The first-order valence-corrected chi connectivity index (χ1v) is 7.95. The minimum absolute atomic E-state index is 0.0505. The third-order valence-corrected chi connectivity index (χ3v) is 4.35. The molecule has 8 heteroatoms. The molecule has 4 rings (SSSR count). The van der Waals surface area contributed by atoms with Gasteiger partial charge in [-0.2, -0.15) is 4.98 Å². The number of hydrogen-bond donors (Lipinski definition) is 1. The minimum atomic E-state index is -0.0505. The molecular formula is C17H18N6O2. The van der Waals surface area contributed by atoms with Crippen LogP contribution in [0.4, 0.5) is 5.69 Å². The number of pyridine rings is 1. The van der Waals surface area contributed by atoms with Crippen LogP contribution in [-0.4, -0.2) is 48.2 Å². The van der Waals surface area contributed by atoms with Gasteiger partial charge in [-0.15, -0.1) is 0 Å². The highest BCUT2D eigenvalue weighted by molar-refractivity contribution is 5.84. The normalized spacial score (nSPS) is 18.8. The van der Waals surface area contributed by atoms with Crippen molar-refractivity contribution in [3.63, 3.8) is 0 Å². The van der Waals surface area contributed by atoms with Crippen LogP contribution < -0.4 is 19.7 Å². The second-order valence-electron chi connectivity index (χ2n) is 5.62. The first-order chi connectivity index (χ1) is 12.3. The summed E-state index contributed by atoms with van der Waals surface area (Å²) in [6.07, 6.45) is 7.86. The fourth-order valence-electron chi connectivity index (χ4n) is 3.20. The molecular weight excluding hydrogens is 320 g/mol. The van der Waals surface area contributed by atoms with Crippen molar-refractivity contribution in [2.75, 3.05) is 25.7 Å². The maximum atomic E-state index is 5.43. The average Bonchev–Trinajstić information content (AvgIpc) is 3.12. The molecule has 2 aromatic rings. The lowest BCUT2D eigenvalue weighted by molar-refractivity contribution is 0.351. The Morgan fingerprint density at radius 3 is 2.80 bits per heavy atom. The second kappa shape index (κ2) is 6.39. The number of ether oxygens (including phenoxy) is 2. The molecule has 2 aromatic heterocycles. The fourth-order valence-corrected chi connectivity index (χ4v) is 3.20. The number of nitrogens with one attached hydrogen (secondary N) is 1. The van der Waals surface area contributed by atoms with Crippen molar-refractivity contribution in [1.29, 1.82) is 0 Å². The summed E-state index contributed by atoms with van der Waals surface area (Å²) in [6.45, 7) is 0.881. The van der Waals surface area contributed by atoms with Gasteiger partial charge in [-0.3, -0.25) is 4.98 Å². The molecule has 128 valence electrons. The topological polar surface area (TPSA) is 84.8 Å². The van der Waals surface area contributed by atoms with E-state index in [0.29, 0.717) is 5.88 Å². The van der Waals surface area contributed by atoms with Crippen LogP contribution >= 0.6 is 0 Å². The molecule has 1 unspecified atom stereocenters. The van der Waals surface area contributed by atoms with Crippen molar-refractivity contribution in [2.45, 2.75) is 12.6 Å². The Labute approximate surface area is 145 Å². The summed E-state index contributed by atoms with van der Waals surface area (Å²) in [4.78, 5) is 19.5. The Kier molecular flexibility index (Phi) is 3.93. The molecule has 0 radical (unpaired) electrons. The van der Waals surface area contributed by atoms with Crippen LogP contribution in [0.25, 0.3) is 5.70 Å². The monoisotopic (exact) mass is 338 g/mol. The van der Waals surface area contributed by atoms with Crippen molar-refractivity contribution >= 4 is 17.7 Å². The maximum absolute atomic E-state index is 5.43. The van der Waals surface area contributed by atoms with Crippen LogP contribution in [0.15, 0.2) is 41.3 Å². The van der Waals surface area contributed by atoms with Crippen molar-refractivity contribution in [3.05, 3.63) is 41.9 Å². The number of aliphatic imine (C=N–C) groups is 1. The number of hydrogen-bond acceptors (Lipinski definition) is 8. The smallest absolute Gasteiger partial charge is 0.319 e. The molecule has 0 spiro atoms. The van der Waals surface area contributed by atoms with E-state index in [1.54, 1.807) is 32.0 Å². The molecule has 1 fully saturated rings. The number of rotatable bonds is 4. The Bertz CT molecular complexity index is 836. The number of anilines is 1. The van der Waals surface area contributed by atoms with Crippen LogP contribution in [0.1, 0.15) is 12.0 Å². The standard InChI is InChI=1S/C17H18N6O2/c1-24-16-13(9-19-17(22-16)25-2)14-12-5-8-23(15(12)21-10-20-14)11-3-6-18-7-4-11/h3-4,6-7,9-10,15H,5,8H2,1-2H3,(H,20,21). The molecule has 0 aromatic carbocycles. The molecule has 1 atom stereocenters. The van der Waals surface area contributed by atoms with Gasteiger partial charge in [0.05, 0.1) is 31.8 Å². The largest absolute Gasteiger partial charge is 0.480 e. The van der Waals surface area contributed by atoms with E-state index in [1.807, 2.05) is 12.1 Å². The van der Waals surface area contributed by atoms with E-state index in [0.717, 1.165) is 29.9 Å². The molecule has 25 heavy (non-hydrogen) atoms. The highest BCUT2D eigenvalue weighted by Gasteiger charge is 2.34. The zero-order chi connectivity index (χ0) is 17.2. The van der Waals surface area contributed by atoms with Crippen LogP contribution in [0.3, 0.4) is 0 Å².